The van der Waals surface area contributed by atoms with Crippen LogP contribution in [0.15, 0.2) is 0 Å². The Morgan fingerprint density at radius 3 is 2.85 bits per heavy atom. The molecule has 2 N–H and O–H groups in total. The molecule has 1 aliphatic rings. The summed E-state index contributed by atoms with van der Waals surface area (Å²) >= 11 is 0. The molecule has 1 aliphatic heterocycles. The van der Waals surface area contributed by atoms with Gasteiger partial charge in [-0.15, -0.1) is 6.42 Å². The summed E-state index contributed by atoms with van der Waals surface area (Å²) in [4.78, 5) is 12.8. The van der Waals surface area contributed by atoms with Gasteiger partial charge in [0.15, 0.2) is 0 Å². The number of nitrogens with one attached hydrogen (secondary N) is 2. The summed E-state index contributed by atoms with van der Waals surface area (Å²) < 4.78 is 0. The Hall–Kier alpha value is -1.50. The zero-order valence-corrected chi connectivity index (χ0v) is 7.79. The van der Waals surface area contributed by atoms with Crippen LogP contribution in [0.1, 0.15) is 13.8 Å². The van der Waals surface area contributed by atoms with Gasteiger partial charge in [0, 0.05) is 0 Å². The molecule has 13 heavy (non-hydrogen) atoms. The molecule has 4 nitrogen and oxygen atoms in total. The average Bonchev–Trinajstić information content (AvgIpc) is 2.27. The third kappa shape index (κ3) is 1.64. The zero-order chi connectivity index (χ0) is 10.0. The van der Waals surface area contributed by atoms with E-state index in [1.165, 1.54) is 4.90 Å². The second-order valence-corrected chi connectivity index (χ2v) is 3.36. The minimum absolute atomic E-state index is 0.191. The molecule has 1 saturated heterocycles. The fourth-order valence-corrected chi connectivity index (χ4v) is 1.50. The van der Waals surface area contributed by atoms with E-state index in [1.807, 2.05) is 13.8 Å². The van der Waals surface area contributed by atoms with Gasteiger partial charge in [0.05, 0.1) is 12.6 Å². The fourth-order valence-electron chi connectivity index (χ4n) is 1.50. The van der Waals surface area contributed by atoms with Crippen LogP contribution in [-0.4, -0.2) is 29.4 Å². The molecular weight excluding hydrogens is 166 g/mol. The fraction of sp³-hybridized carbons (Fsp3) is 0.556. The molecule has 1 heterocycles. The molecule has 70 valence electrons. The van der Waals surface area contributed by atoms with Crippen molar-refractivity contribution in [1.29, 1.82) is 5.41 Å². The molecule has 1 rings (SSSR count). The van der Waals surface area contributed by atoms with Gasteiger partial charge in [-0.25, -0.2) is 4.79 Å². The molecule has 1 fully saturated rings. The molecule has 0 aromatic rings. The minimum atomic E-state index is -0.262. The van der Waals surface area contributed by atoms with Crippen LogP contribution in [0.4, 0.5) is 4.79 Å². The molecule has 0 aromatic heterocycles. The van der Waals surface area contributed by atoms with Gasteiger partial charge in [-0.05, 0) is 5.92 Å². The largest absolute Gasteiger partial charge is 0.324 e. The van der Waals surface area contributed by atoms with Crippen LogP contribution in [-0.2, 0) is 0 Å². The normalized spacial score (nSPS) is 22.0. The van der Waals surface area contributed by atoms with Crippen LogP contribution >= 0.6 is 0 Å². The summed E-state index contributed by atoms with van der Waals surface area (Å²) in [6.07, 6.45) is 5.14. The Balaban J connectivity index is 2.84. The van der Waals surface area contributed by atoms with E-state index >= 15 is 0 Å². The molecule has 1 atom stereocenters. The van der Waals surface area contributed by atoms with Crippen LogP contribution in [0.25, 0.3) is 0 Å². The van der Waals surface area contributed by atoms with Crippen molar-refractivity contribution in [3.63, 3.8) is 0 Å². The topological polar surface area (TPSA) is 56.2 Å². The lowest BCUT2D eigenvalue weighted by molar-refractivity contribution is 0.203. The summed E-state index contributed by atoms with van der Waals surface area (Å²) in [5.74, 6) is 2.87. The number of carbonyl (C=O) groups is 1. The lowest BCUT2D eigenvalue weighted by atomic mass is 10.0. The molecule has 1 unspecified atom stereocenters. The predicted molar refractivity (Wildman–Crippen MR) is 50.4 cm³/mol. The smallest absolute Gasteiger partial charge is 0.303 e. The standard InChI is InChI=1S/C9H13N3O/c1-4-5-12-7(6(2)3)8(10)11-9(12)13/h1,6-7H,5H2,2-3H3,(H2,10,11,13). The van der Waals surface area contributed by atoms with Gasteiger partial charge in [-0.2, -0.15) is 0 Å². The predicted octanol–water partition coefficient (Wildman–Crippen LogP) is 0.647. The van der Waals surface area contributed by atoms with Crippen molar-refractivity contribution in [3.8, 4) is 12.3 Å². The van der Waals surface area contributed by atoms with E-state index in [1.54, 1.807) is 0 Å². The molecule has 0 saturated carbocycles. The molecule has 0 bridgehead atoms. The van der Waals surface area contributed by atoms with Crippen molar-refractivity contribution in [1.82, 2.24) is 10.2 Å². The monoisotopic (exact) mass is 179 g/mol. The van der Waals surface area contributed by atoms with Crippen LogP contribution in [0.5, 0.6) is 0 Å². The van der Waals surface area contributed by atoms with E-state index in [2.05, 4.69) is 11.2 Å². The Morgan fingerprint density at radius 1 is 1.77 bits per heavy atom. The maximum Gasteiger partial charge on any atom is 0.324 e. The van der Waals surface area contributed by atoms with Gasteiger partial charge in [0.25, 0.3) is 0 Å². The highest BCUT2D eigenvalue weighted by Gasteiger charge is 2.36. The van der Waals surface area contributed by atoms with Crippen molar-refractivity contribution < 1.29 is 4.79 Å². The number of rotatable bonds is 2. The zero-order valence-electron chi connectivity index (χ0n) is 7.79. The molecular formula is C9H13N3O. The van der Waals surface area contributed by atoms with Crippen LogP contribution in [0.3, 0.4) is 0 Å². The molecule has 0 aliphatic carbocycles. The van der Waals surface area contributed by atoms with E-state index in [9.17, 15) is 4.79 Å². The Kier molecular flexibility index (Phi) is 2.57. The van der Waals surface area contributed by atoms with Gasteiger partial charge >= 0.3 is 6.03 Å². The lowest BCUT2D eigenvalue weighted by Gasteiger charge is -2.23. The minimum Gasteiger partial charge on any atom is -0.303 e. The quantitative estimate of drug-likeness (QED) is 0.601. The van der Waals surface area contributed by atoms with E-state index in [0.717, 1.165) is 0 Å². The van der Waals surface area contributed by atoms with Gasteiger partial charge in [0.1, 0.15) is 5.84 Å². The lowest BCUT2D eigenvalue weighted by Crippen LogP contribution is -2.38. The first-order chi connectivity index (χ1) is 6.07. The third-order valence-electron chi connectivity index (χ3n) is 2.03. The maximum atomic E-state index is 11.3. The highest BCUT2D eigenvalue weighted by Crippen LogP contribution is 2.16. The van der Waals surface area contributed by atoms with Crippen LogP contribution in [0, 0.1) is 23.7 Å². The summed E-state index contributed by atoms with van der Waals surface area (Å²) in [7, 11) is 0. The van der Waals surface area contributed by atoms with Gasteiger partial charge < -0.3 is 4.90 Å². The van der Waals surface area contributed by atoms with E-state index in [-0.39, 0.29) is 30.4 Å². The Bertz CT molecular complexity index is 277. The summed E-state index contributed by atoms with van der Waals surface area (Å²) in [6, 6.07) is -0.454. The number of hydrogen-bond acceptors (Lipinski definition) is 2. The van der Waals surface area contributed by atoms with E-state index in [4.69, 9.17) is 11.8 Å². The second kappa shape index (κ2) is 3.48. The number of amides is 2. The van der Waals surface area contributed by atoms with E-state index < -0.39 is 0 Å². The van der Waals surface area contributed by atoms with Crippen molar-refractivity contribution in [2.45, 2.75) is 19.9 Å². The van der Waals surface area contributed by atoms with Gasteiger partial charge in [0.2, 0.25) is 0 Å². The van der Waals surface area contributed by atoms with Crippen molar-refractivity contribution >= 4 is 11.9 Å². The number of nitrogens with zero attached hydrogens (tertiary/aromatic N) is 1. The first kappa shape index (κ1) is 9.59. The average molecular weight is 179 g/mol. The third-order valence-corrected chi connectivity index (χ3v) is 2.03. The van der Waals surface area contributed by atoms with Crippen molar-refractivity contribution in [2.75, 3.05) is 6.54 Å². The summed E-state index contributed by atoms with van der Waals surface area (Å²) in [5, 5.41) is 9.99. The first-order valence-electron chi connectivity index (χ1n) is 4.17. The van der Waals surface area contributed by atoms with Crippen LogP contribution < -0.4 is 5.32 Å². The molecule has 0 aromatic carbocycles. The van der Waals surface area contributed by atoms with Crippen LogP contribution in [0.2, 0.25) is 0 Å². The number of carbonyl (C=O) groups excluding carboxylic acids is 1. The van der Waals surface area contributed by atoms with Gasteiger partial charge in [-0.1, -0.05) is 19.8 Å². The first-order valence-corrected chi connectivity index (χ1v) is 4.17. The number of hydrogen-bond donors (Lipinski definition) is 2. The highest BCUT2D eigenvalue weighted by molar-refractivity contribution is 6.05. The summed E-state index contributed by atoms with van der Waals surface area (Å²) in [5.41, 5.74) is 0. The molecule has 0 spiro atoms. The van der Waals surface area contributed by atoms with Gasteiger partial charge in [-0.3, -0.25) is 10.7 Å². The van der Waals surface area contributed by atoms with Crippen molar-refractivity contribution in [3.05, 3.63) is 0 Å². The molecule has 4 heteroatoms. The van der Waals surface area contributed by atoms with E-state index in [0.29, 0.717) is 0 Å². The molecule has 2 amide bonds. The number of amidine groups is 1. The maximum absolute atomic E-state index is 11.3. The number of terminal acetylenes is 1. The molecule has 0 radical (unpaired) electrons. The highest BCUT2D eigenvalue weighted by atomic mass is 16.2. The SMILES string of the molecule is C#CCN1C(=O)NC(=N)C1C(C)C. The van der Waals surface area contributed by atoms with Crippen molar-refractivity contribution in [2.24, 2.45) is 5.92 Å². The number of urea groups is 1. The second-order valence-electron chi connectivity index (χ2n) is 3.36. The summed E-state index contributed by atoms with van der Waals surface area (Å²) in [6.45, 7) is 4.18. The Morgan fingerprint density at radius 2 is 2.38 bits per heavy atom. The Labute approximate surface area is 77.8 Å².